The fraction of sp³-hybridized carbons (Fsp3) is 0.444. The van der Waals surface area contributed by atoms with Gasteiger partial charge in [-0.25, -0.2) is 0 Å². The van der Waals surface area contributed by atoms with Crippen molar-refractivity contribution < 1.29 is 24.6 Å². The van der Waals surface area contributed by atoms with Crippen LogP contribution in [0.3, 0.4) is 0 Å². The zero-order chi connectivity index (χ0) is 8.48. The Morgan fingerprint density at radius 1 is 1.64 bits per heavy atom. The normalized spacial score (nSPS) is 16.9. The van der Waals surface area contributed by atoms with Gasteiger partial charge < -0.3 is 0 Å². The summed E-state index contributed by atoms with van der Waals surface area (Å²) in [6.07, 6.45) is 7.06. The molecule has 0 saturated heterocycles. The van der Waals surface area contributed by atoms with E-state index >= 15 is 0 Å². The standard InChI is InChI=1S/C9H11O.Pt/c1-9(2,7-10)8-5-3-4-6-8;/h3-5H,6H2,1-2H3;. The molecule has 1 nitrogen and oxygen atoms in total. The number of hydrogen-bond donors (Lipinski definition) is 0. The third-order valence-corrected chi connectivity index (χ3v) is 3.45. The first-order chi connectivity index (χ1) is 5.05. The van der Waals surface area contributed by atoms with E-state index in [0.717, 1.165) is 6.42 Å². The van der Waals surface area contributed by atoms with Gasteiger partial charge in [0.1, 0.15) is 0 Å². The van der Waals surface area contributed by atoms with Crippen LogP contribution in [-0.2, 0) is 24.6 Å². The SMILES string of the molecule is CC(C)([C](=O)[Pt])C1=CC=CC1. The number of hydrogen-bond acceptors (Lipinski definition) is 1. The Morgan fingerprint density at radius 3 is 2.64 bits per heavy atom. The van der Waals surface area contributed by atoms with Gasteiger partial charge in [0.15, 0.2) is 0 Å². The van der Waals surface area contributed by atoms with Gasteiger partial charge >= 0.3 is 78.3 Å². The van der Waals surface area contributed by atoms with E-state index in [0.29, 0.717) is 0 Å². The van der Waals surface area contributed by atoms with E-state index < -0.39 is 0 Å². The Kier molecular flexibility index (Phi) is 2.49. The maximum atomic E-state index is 11.2. The van der Waals surface area contributed by atoms with Gasteiger partial charge in [-0.15, -0.1) is 0 Å². The van der Waals surface area contributed by atoms with Crippen LogP contribution in [0.5, 0.6) is 0 Å². The molecule has 0 bridgehead atoms. The van der Waals surface area contributed by atoms with Crippen LogP contribution in [0.1, 0.15) is 20.3 Å². The predicted octanol–water partition coefficient (Wildman–Crippen LogP) is 1.97. The van der Waals surface area contributed by atoms with Gasteiger partial charge in [-0.3, -0.25) is 0 Å². The molecule has 2 heteroatoms. The van der Waals surface area contributed by atoms with Crippen LogP contribution >= 0.6 is 0 Å². The molecule has 63 valence electrons. The van der Waals surface area contributed by atoms with Crippen molar-refractivity contribution >= 4 is 4.17 Å². The Balaban J connectivity index is 2.81. The van der Waals surface area contributed by atoms with Crippen LogP contribution in [-0.4, -0.2) is 4.17 Å². The maximum absolute atomic E-state index is 11.2. The minimum absolute atomic E-state index is 0.215. The van der Waals surface area contributed by atoms with Crippen molar-refractivity contribution in [1.82, 2.24) is 0 Å². The molecule has 0 saturated carbocycles. The van der Waals surface area contributed by atoms with E-state index in [9.17, 15) is 4.79 Å². The van der Waals surface area contributed by atoms with Crippen molar-refractivity contribution in [1.29, 1.82) is 0 Å². The van der Waals surface area contributed by atoms with Crippen molar-refractivity contribution in [2.75, 3.05) is 0 Å². The van der Waals surface area contributed by atoms with E-state index in [1.807, 2.05) is 45.8 Å². The van der Waals surface area contributed by atoms with Crippen molar-refractivity contribution in [3.8, 4) is 0 Å². The van der Waals surface area contributed by atoms with E-state index in [4.69, 9.17) is 0 Å². The molecule has 0 N–H and O–H groups in total. The molecule has 0 spiro atoms. The molecule has 0 fully saturated rings. The van der Waals surface area contributed by atoms with E-state index in [2.05, 4.69) is 6.08 Å². The fourth-order valence-corrected chi connectivity index (χ4v) is 1.39. The first kappa shape index (κ1) is 8.93. The number of carbonyl (C=O) groups is 1. The van der Waals surface area contributed by atoms with Crippen LogP contribution in [0.15, 0.2) is 23.8 Å². The molecule has 0 atom stereocenters. The molecule has 11 heavy (non-hydrogen) atoms. The molecule has 0 aliphatic heterocycles. The van der Waals surface area contributed by atoms with Gasteiger partial charge in [-0.1, -0.05) is 0 Å². The van der Waals surface area contributed by atoms with Crippen molar-refractivity contribution in [3.63, 3.8) is 0 Å². The Hall–Kier alpha value is -0.162. The van der Waals surface area contributed by atoms with Crippen LogP contribution in [0.2, 0.25) is 0 Å². The molecule has 0 aromatic carbocycles. The van der Waals surface area contributed by atoms with Gasteiger partial charge in [-0.2, -0.15) is 0 Å². The van der Waals surface area contributed by atoms with Gasteiger partial charge in [0.25, 0.3) is 0 Å². The average molecular weight is 330 g/mol. The van der Waals surface area contributed by atoms with Gasteiger partial charge in [0, 0.05) is 0 Å². The Bertz CT molecular complexity index is 236. The summed E-state index contributed by atoms with van der Waals surface area (Å²) in [5.74, 6) is 0. The second-order valence-electron chi connectivity index (χ2n) is 3.19. The first-order valence-electron chi connectivity index (χ1n) is 3.58. The zero-order valence-electron chi connectivity index (χ0n) is 6.66. The quantitative estimate of drug-likeness (QED) is 0.757. The predicted molar refractivity (Wildman–Crippen MR) is 40.6 cm³/mol. The van der Waals surface area contributed by atoms with E-state index in [1.165, 1.54) is 5.57 Å². The minimum atomic E-state index is -0.273. The summed E-state index contributed by atoms with van der Waals surface area (Å²) in [4.78, 5) is 11.2. The van der Waals surface area contributed by atoms with Crippen molar-refractivity contribution in [2.24, 2.45) is 5.41 Å². The van der Waals surface area contributed by atoms with Gasteiger partial charge in [0.05, 0.1) is 0 Å². The molecular weight excluding hydrogens is 319 g/mol. The average Bonchev–Trinajstić information content (AvgIpc) is 2.37. The summed E-state index contributed by atoms with van der Waals surface area (Å²) in [5.41, 5.74) is 0.947. The number of allylic oxidation sites excluding steroid dienone is 4. The van der Waals surface area contributed by atoms with Gasteiger partial charge in [0.2, 0.25) is 0 Å². The Labute approximate surface area is 78.5 Å². The van der Waals surface area contributed by atoms with Crippen LogP contribution in [0, 0.1) is 5.41 Å². The van der Waals surface area contributed by atoms with E-state index in [-0.39, 0.29) is 9.59 Å². The number of rotatable bonds is 2. The fourth-order valence-electron chi connectivity index (χ4n) is 1.03. The Morgan fingerprint density at radius 2 is 2.27 bits per heavy atom. The third kappa shape index (κ3) is 1.70. The zero-order valence-corrected chi connectivity index (χ0v) is 8.94. The molecule has 0 aromatic rings. The number of carbonyl (C=O) groups excluding carboxylic acids is 1. The second kappa shape index (κ2) is 3.06. The molecule has 1 aliphatic rings. The second-order valence-corrected chi connectivity index (χ2v) is 4.23. The molecule has 0 radical (unpaired) electrons. The summed E-state index contributed by atoms with van der Waals surface area (Å²) in [7, 11) is 0. The first-order valence-corrected chi connectivity index (χ1v) is 4.72. The molecule has 0 heterocycles. The van der Waals surface area contributed by atoms with Crippen molar-refractivity contribution in [3.05, 3.63) is 23.8 Å². The molecular formula is C9H11OPt. The van der Waals surface area contributed by atoms with Crippen molar-refractivity contribution in [2.45, 2.75) is 20.3 Å². The molecule has 0 aromatic heterocycles. The summed E-state index contributed by atoms with van der Waals surface area (Å²) < 4.78 is 0.215. The topological polar surface area (TPSA) is 17.1 Å². The molecule has 0 amide bonds. The third-order valence-electron chi connectivity index (χ3n) is 2.03. The summed E-state index contributed by atoms with van der Waals surface area (Å²) in [5, 5.41) is 0. The summed E-state index contributed by atoms with van der Waals surface area (Å²) in [6, 6.07) is 0. The molecule has 0 unspecified atom stereocenters. The monoisotopic (exact) mass is 330 g/mol. The van der Waals surface area contributed by atoms with Crippen LogP contribution in [0.4, 0.5) is 0 Å². The summed E-state index contributed by atoms with van der Waals surface area (Å²) >= 11 is 1.85. The molecule has 1 aliphatic carbocycles. The van der Waals surface area contributed by atoms with Crippen LogP contribution < -0.4 is 0 Å². The van der Waals surface area contributed by atoms with Crippen LogP contribution in [0.25, 0.3) is 0 Å². The summed E-state index contributed by atoms with van der Waals surface area (Å²) in [6.45, 7) is 3.95. The molecule has 1 rings (SSSR count). The van der Waals surface area contributed by atoms with E-state index in [1.54, 1.807) is 0 Å². The van der Waals surface area contributed by atoms with Gasteiger partial charge in [-0.05, 0) is 0 Å².